The predicted octanol–water partition coefficient (Wildman–Crippen LogP) is 4.10. The van der Waals surface area contributed by atoms with E-state index in [4.69, 9.17) is 33.3 Å². The van der Waals surface area contributed by atoms with Gasteiger partial charge < -0.3 is 20.1 Å². The molecule has 0 spiro atoms. The van der Waals surface area contributed by atoms with Crippen molar-refractivity contribution in [3.05, 3.63) is 53.6 Å². The fourth-order valence-electron chi connectivity index (χ4n) is 1.88. The molecule has 122 valence electrons. The third kappa shape index (κ3) is 5.62. The first-order valence-corrected chi connectivity index (χ1v) is 7.96. The van der Waals surface area contributed by atoms with Crippen molar-refractivity contribution in [3.63, 3.8) is 0 Å². The van der Waals surface area contributed by atoms with Gasteiger partial charge in [-0.05, 0) is 55.5 Å². The summed E-state index contributed by atoms with van der Waals surface area (Å²) in [4.78, 5) is 0. The van der Waals surface area contributed by atoms with E-state index >= 15 is 0 Å². The predicted molar refractivity (Wildman–Crippen MR) is 98.8 cm³/mol. The van der Waals surface area contributed by atoms with E-state index in [1.807, 2.05) is 55.5 Å². The number of ether oxygens (including phenoxy) is 2. The second-order valence-corrected chi connectivity index (χ2v) is 5.78. The smallest absolute Gasteiger partial charge is 0.171 e. The molecular formula is C17H19ClN2O2S. The maximum absolute atomic E-state index is 6.09. The average Bonchev–Trinajstić information content (AvgIpc) is 2.55. The summed E-state index contributed by atoms with van der Waals surface area (Å²) in [5, 5.41) is 7.36. The lowest BCUT2D eigenvalue weighted by Gasteiger charge is -2.18. The lowest BCUT2D eigenvalue weighted by molar-refractivity contribution is 0.286. The lowest BCUT2D eigenvalue weighted by atomic mass is 10.3. The molecule has 0 aliphatic carbocycles. The van der Waals surface area contributed by atoms with Crippen molar-refractivity contribution in [2.45, 2.75) is 13.0 Å². The van der Waals surface area contributed by atoms with Crippen LogP contribution in [0.15, 0.2) is 48.5 Å². The third-order valence-corrected chi connectivity index (χ3v) is 3.61. The summed E-state index contributed by atoms with van der Waals surface area (Å²) < 4.78 is 10.8. The van der Waals surface area contributed by atoms with Crippen LogP contribution in [0.3, 0.4) is 0 Å². The molecule has 2 N–H and O–H groups in total. The molecule has 2 aromatic rings. The minimum atomic E-state index is 0.0413. The quantitative estimate of drug-likeness (QED) is 0.768. The Bertz CT molecular complexity index is 649. The normalized spacial score (nSPS) is 11.4. The van der Waals surface area contributed by atoms with Crippen LogP contribution in [0.4, 0.5) is 5.69 Å². The van der Waals surface area contributed by atoms with E-state index < -0.39 is 0 Å². The van der Waals surface area contributed by atoms with Gasteiger partial charge in [0.15, 0.2) is 5.11 Å². The maximum Gasteiger partial charge on any atom is 0.171 e. The first kappa shape index (κ1) is 17.4. The monoisotopic (exact) mass is 350 g/mol. The number of benzene rings is 2. The minimum absolute atomic E-state index is 0.0413. The Morgan fingerprint density at radius 3 is 2.43 bits per heavy atom. The van der Waals surface area contributed by atoms with Crippen molar-refractivity contribution in [1.82, 2.24) is 5.32 Å². The highest BCUT2D eigenvalue weighted by atomic mass is 35.5. The van der Waals surface area contributed by atoms with Crippen LogP contribution < -0.4 is 20.1 Å². The van der Waals surface area contributed by atoms with Crippen molar-refractivity contribution >= 4 is 34.6 Å². The Kier molecular flexibility index (Phi) is 6.50. The van der Waals surface area contributed by atoms with Crippen LogP contribution in [0.25, 0.3) is 0 Å². The fourth-order valence-corrected chi connectivity index (χ4v) is 2.37. The molecule has 0 amide bonds. The van der Waals surface area contributed by atoms with Crippen LogP contribution in [0.2, 0.25) is 5.02 Å². The van der Waals surface area contributed by atoms with E-state index in [0.29, 0.717) is 16.7 Å². The third-order valence-electron chi connectivity index (χ3n) is 3.06. The van der Waals surface area contributed by atoms with Gasteiger partial charge in [0, 0.05) is 0 Å². The summed E-state index contributed by atoms with van der Waals surface area (Å²) in [5.74, 6) is 1.58. The molecule has 2 aromatic carbocycles. The highest BCUT2D eigenvalue weighted by molar-refractivity contribution is 7.80. The van der Waals surface area contributed by atoms with Crippen LogP contribution in [-0.2, 0) is 0 Å². The van der Waals surface area contributed by atoms with E-state index in [-0.39, 0.29) is 6.04 Å². The van der Waals surface area contributed by atoms with Gasteiger partial charge in [-0.3, -0.25) is 0 Å². The van der Waals surface area contributed by atoms with Crippen molar-refractivity contribution in [1.29, 1.82) is 0 Å². The summed E-state index contributed by atoms with van der Waals surface area (Å²) in [6.07, 6.45) is 0. The number of hydrogen-bond donors (Lipinski definition) is 2. The van der Waals surface area contributed by atoms with Gasteiger partial charge in [-0.2, -0.15) is 0 Å². The molecule has 0 radical (unpaired) electrons. The van der Waals surface area contributed by atoms with E-state index in [1.54, 1.807) is 7.11 Å². The van der Waals surface area contributed by atoms with Gasteiger partial charge in [0.2, 0.25) is 0 Å². The molecule has 0 saturated carbocycles. The standard InChI is InChI=1S/C17H19ClN2O2S/c1-12(11-22-14-9-7-13(21-2)8-10-14)19-17(23)20-16-6-4-3-5-15(16)18/h3-10,12H,11H2,1-2H3,(H2,19,20,23). The number of rotatable bonds is 6. The van der Waals surface area contributed by atoms with Gasteiger partial charge in [0.05, 0.1) is 23.9 Å². The zero-order chi connectivity index (χ0) is 16.7. The minimum Gasteiger partial charge on any atom is -0.497 e. The molecule has 0 aliphatic rings. The molecule has 2 rings (SSSR count). The van der Waals surface area contributed by atoms with Crippen LogP contribution in [0.1, 0.15) is 6.92 Å². The van der Waals surface area contributed by atoms with Gasteiger partial charge in [-0.1, -0.05) is 23.7 Å². The van der Waals surface area contributed by atoms with E-state index in [2.05, 4.69) is 10.6 Å². The molecule has 1 atom stereocenters. The molecule has 1 unspecified atom stereocenters. The zero-order valence-electron chi connectivity index (χ0n) is 13.0. The van der Waals surface area contributed by atoms with Crippen LogP contribution >= 0.6 is 23.8 Å². The van der Waals surface area contributed by atoms with Gasteiger partial charge in [0.25, 0.3) is 0 Å². The molecular weight excluding hydrogens is 332 g/mol. The summed E-state index contributed by atoms with van der Waals surface area (Å²) in [6.45, 7) is 2.47. The van der Waals surface area contributed by atoms with E-state index in [1.165, 1.54) is 0 Å². The summed E-state index contributed by atoms with van der Waals surface area (Å²) in [5.41, 5.74) is 0.773. The molecule has 0 heterocycles. The number of methoxy groups -OCH3 is 1. The summed E-state index contributed by atoms with van der Waals surface area (Å²) in [7, 11) is 1.63. The van der Waals surface area contributed by atoms with Crippen LogP contribution in [0, 0.1) is 0 Å². The summed E-state index contributed by atoms with van der Waals surface area (Å²) >= 11 is 11.4. The highest BCUT2D eigenvalue weighted by Gasteiger charge is 2.07. The van der Waals surface area contributed by atoms with E-state index in [0.717, 1.165) is 17.2 Å². The van der Waals surface area contributed by atoms with Crippen molar-refractivity contribution in [3.8, 4) is 11.5 Å². The number of thiocarbonyl (C=S) groups is 1. The zero-order valence-corrected chi connectivity index (χ0v) is 14.6. The molecule has 0 aliphatic heterocycles. The first-order valence-electron chi connectivity index (χ1n) is 7.17. The van der Waals surface area contributed by atoms with Crippen LogP contribution in [-0.4, -0.2) is 24.9 Å². The van der Waals surface area contributed by atoms with Crippen LogP contribution in [0.5, 0.6) is 11.5 Å². The Balaban J connectivity index is 1.78. The average molecular weight is 351 g/mol. The molecule has 0 fully saturated rings. The van der Waals surface area contributed by atoms with Gasteiger partial charge in [0.1, 0.15) is 18.1 Å². The number of hydrogen-bond acceptors (Lipinski definition) is 3. The molecule has 0 saturated heterocycles. The topological polar surface area (TPSA) is 42.5 Å². The number of halogens is 1. The van der Waals surface area contributed by atoms with Gasteiger partial charge >= 0.3 is 0 Å². The lowest BCUT2D eigenvalue weighted by Crippen LogP contribution is -2.39. The Labute approximate surface area is 146 Å². The molecule has 23 heavy (non-hydrogen) atoms. The van der Waals surface area contributed by atoms with Crippen molar-refractivity contribution in [2.75, 3.05) is 19.0 Å². The molecule has 0 aromatic heterocycles. The largest absolute Gasteiger partial charge is 0.497 e. The fraction of sp³-hybridized carbons (Fsp3) is 0.235. The van der Waals surface area contributed by atoms with Crippen molar-refractivity contribution < 1.29 is 9.47 Å². The molecule has 6 heteroatoms. The SMILES string of the molecule is COc1ccc(OCC(C)NC(=S)Nc2ccccc2Cl)cc1. The number of anilines is 1. The second-order valence-electron chi connectivity index (χ2n) is 4.97. The maximum atomic E-state index is 6.09. The Hall–Kier alpha value is -1.98. The van der Waals surface area contributed by atoms with Gasteiger partial charge in [-0.15, -0.1) is 0 Å². The van der Waals surface area contributed by atoms with Crippen molar-refractivity contribution in [2.24, 2.45) is 0 Å². The Morgan fingerprint density at radius 1 is 1.13 bits per heavy atom. The first-order chi connectivity index (χ1) is 11.1. The molecule has 4 nitrogen and oxygen atoms in total. The summed E-state index contributed by atoms with van der Waals surface area (Å²) in [6, 6.07) is 14.9. The highest BCUT2D eigenvalue weighted by Crippen LogP contribution is 2.20. The number of nitrogens with one attached hydrogen (secondary N) is 2. The van der Waals surface area contributed by atoms with Gasteiger partial charge in [-0.25, -0.2) is 0 Å². The molecule has 0 bridgehead atoms. The van der Waals surface area contributed by atoms with E-state index in [9.17, 15) is 0 Å². The Morgan fingerprint density at radius 2 is 1.78 bits per heavy atom. The number of para-hydroxylation sites is 1. The second kappa shape index (κ2) is 8.60.